The smallest absolute Gasteiger partial charge is 0.184 e. The van der Waals surface area contributed by atoms with Gasteiger partial charge in [-0.05, 0) is 47.6 Å². The largest absolute Gasteiger partial charge is 0.494 e. The lowest BCUT2D eigenvalue weighted by Crippen LogP contribution is -2.54. The molecule has 1 heterocycles. The summed E-state index contributed by atoms with van der Waals surface area (Å²) in [5.74, 6) is 0.789. The molecule has 7 heteroatoms. The van der Waals surface area contributed by atoms with E-state index in [1.165, 1.54) is 0 Å². The van der Waals surface area contributed by atoms with Gasteiger partial charge in [-0.2, -0.15) is 0 Å². The highest BCUT2D eigenvalue weighted by molar-refractivity contribution is 6.36. The lowest BCUT2D eigenvalue weighted by atomic mass is 9.88. The maximum absolute atomic E-state index is 10.6. The topological polar surface area (TPSA) is 99.4 Å². The molecule has 0 aromatic heterocycles. The molecule has 3 aromatic carbocycles. The fraction of sp³-hybridized carbons (Fsp3) is 0.333. The molecule has 0 amide bonds. The first-order chi connectivity index (χ1) is 14.9. The minimum absolute atomic E-state index is 0.527. The van der Waals surface area contributed by atoms with E-state index >= 15 is 0 Å². The fourth-order valence-electron chi connectivity index (χ4n) is 4.00. The second-order valence-corrected chi connectivity index (χ2v) is 8.04. The zero-order chi connectivity index (χ0) is 22.1. The van der Waals surface area contributed by atoms with Gasteiger partial charge in [-0.15, -0.1) is 0 Å². The van der Waals surface area contributed by atoms with Crippen LogP contribution in [-0.2, 0) is 11.2 Å². The summed E-state index contributed by atoms with van der Waals surface area (Å²) >= 11 is 6.73. The van der Waals surface area contributed by atoms with Crippen molar-refractivity contribution in [1.82, 2.24) is 0 Å². The third kappa shape index (κ3) is 4.28. The number of hydrogen-bond donors (Lipinski definition) is 4. The molecule has 0 saturated carbocycles. The van der Waals surface area contributed by atoms with Gasteiger partial charge in [0.2, 0.25) is 0 Å². The van der Waals surface area contributed by atoms with Crippen molar-refractivity contribution in [2.24, 2.45) is 0 Å². The number of aliphatic hydroxyl groups excluding tert-OH is 4. The van der Waals surface area contributed by atoms with Gasteiger partial charge in [-0.1, -0.05) is 54.1 Å². The summed E-state index contributed by atoms with van der Waals surface area (Å²) in [6.07, 6.45) is -6.67. The van der Waals surface area contributed by atoms with Gasteiger partial charge in [0.25, 0.3) is 0 Å². The SMILES string of the molecule is CCOc1ccc(Cc2cc([C@@H]3O[C@H](O)[C@@H](O)[C@H](O)[C@H]3O)c3ccccc3c2Cl)cc1. The fourth-order valence-corrected chi connectivity index (χ4v) is 4.29. The maximum Gasteiger partial charge on any atom is 0.184 e. The van der Waals surface area contributed by atoms with Crippen molar-refractivity contribution in [2.75, 3.05) is 6.61 Å². The number of halogens is 1. The molecule has 31 heavy (non-hydrogen) atoms. The Bertz CT molecular complexity index is 1050. The third-order valence-corrected chi connectivity index (χ3v) is 6.06. The molecule has 0 spiro atoms. The first kappa shape index (κ1) is 22.0. The number of hydrogen-bond acceptors (Lipinski definition) is 6. The van der Waals surface area contributed by atoms with Gasteiger partial charge in [0.05, 0.1) is 11.6 Å². The molecule has 4 rings (SSSR count). The molecule has 0 bridgehead atoms. The van der Waals surface area contributed by atoms with Crippen LogP contribution in [0, 0.1) is 0 Å². The normalized spacial score (nSPS) is 26.2. The lowest BCUT2D eigenvalue weighted by Gasteiger charge is -2.39. The van der Waals surface area contributed by atoms with Crippen LogP contribution >= 0.6 is 11.6 Å². The van der Waals surface area contributed by atoms with E-state index in [4.69, 9.17) is 21.1 Å². The highest BCUT2D eigenvalue weighted by atomic mass is 35.5. The number of ether oxygens (including phenoxy) is 2. The van der Waals surface area contributed by atoms with Gasteiger partial charge in [0.1, 0.15) is 30.2 Å². The Kier molecular flexibility index (Phi) is 6.48. The summed E-state index contributed by atoms with van der Waals surface area (Å²) in [6.45, 7) is 2.52. The van der Waals surface area contributed by atoms with Crippen molar-refractivity contribution in [2.45, 2.75) is 44.1 Å². The van der Waals surface area contributed by atoms with E-state index in [9.17, 15) is 20.4 Å². The molecule has 1 fully saturated rings. The van der Waals surface area contributed by atoms with Crippen LogP contribution in [0.4, 0.5) is 0 Å². The molecule has 0 radical (unpaired) electrons. The Morgan fingerprint density at radius 2 is 1.58 bits per heavy atom. The molecular formula is C24H25ClO6. The minimum Gasteiger partial charge on any atom is -0.494 e. The van der Waals surface area contributed by atoms with E-state index in [0.29, 0.717) is 23.6 Å². The van der Waals surface area contributed by atoms with E-state index in [1.54, 1.807) is 0 Å². The summed E-state index contributed by atoms with van der Waals surface area (Å²) < 4.78 is 11.0. The standard InChI is InChI=1S/C24H25ClO6/c1-2-30-15-9-7-13(8-10-15)11-14-12-18(16-5-3-4-6-17(16)19(14)25)23-21(27)20(26)22(28)24(29)31-23/h3-10,12,20-24,26-29H,2,11H2,1H3/t20-,21-,22+,23+,24+/m1/s1. The molecule has 0 unspecified atom stereocenters. The van der Waals surface area contributed by atoms with Gasteiger partial charge in [-0.25, -0.2) is 0 Å². The van der Waals surface area contributed by atoms with Gasteiger partial charge in [-0.3, -0.25) is 0 Å². The minimum atomic E-state index is -1.62. The number of benzene rings is 3. The van der Waals surface area contributed by atoms with Gasteiger partial charge < -0.3 is 29.9 Å². The van der Waals surface area contributed by atoms with E-state index < -0.39 is 30.7 Å². The molecule has 5 atom stereocenters. The Morgan fingerprint density at radius 1 is 0.903 bits per heavy atom. The monoisotopic (exact) mass is 444 g/mol. The van der Waals surface area contributed by atoms with Crippen molar-refractivity contribution < 1.29 is 29.9 Å². The molecule has 1 aliphatic heterocycles. The summed E-state index contributed by atoms with van der Waals surface area (Å²) in [4.78, 5) is 0. The van der Waals surface area contributed by atoms with Crippen molar-refractivity contribution >= 4 is 22.4 Å². The molecule has 0 aliphatic carbocycles. The second-order valence-electron chi connectivity index (χ2n) is 7.66. The predicted molar refractivity (Wildman–Crippen MR) is 117 cm³/mol. The highest BCUT2D eigenvalue weighted by Crippen LogP contribution is 2.39. The van der Waals surface area contributed by atoms with E-state index in [-0.39, 0.29) is 0 Å². The number of fused-ring (bicyclic) bond motifs is 1. The summed E-state index contributed by atoms with van der Waals surface area (Å²) in [7, 11) is 0. The van der Waals surface area contributed by atoms with Crippen molar-refractivity contribution in [3.8, 4) is 5.75 Å². The number of rotatable bonds is 5. The quantitative estimate of drug-likeness (QED) is 0.483. The number of aliphatic hydroxyl groups is 4. The summed E-state index contributed by atoms with van der Waals surface area (Å²) in [5, 5.41) is 42.7. The van der Waals surface area contributed by atoms with Gasteiger partial charge in [0.15, 0.2) is 6.29 Å². The van der Waals surface area contributed by atoms with E-state index in [0.717, 1.165) is 27.6 Å². The molecule has 6 nitrogen and oxygen atoms in total. The molecule has 164 valence electrons. The second kappa shape index (κ2) is 9.12. The van der Waals surface area contributed by atoms with E-state index in [2.05, 4.69) is 0 Å². The maximum atomic E-state index is 10.6. The molecule has 1 aliphatic rings. The first-order valence-electron chi connectivity index (χ1n) is 10.2. The Balaban J connectivity index is 1.76. The van der Waals surface area contributed by atoms with Crippen LogP contribution in [0.25, 0.3) is 10.8 Å². The Labute approximate surface area is 185 Å². The average molecular weight is 445 g/mol. The van der Waals surface area contributed by atoms with Crippen LogP contribution in [0.2, 0.25) is 5.02 Å². The summed E-state index contributed by atoms with van der Waals surface area (Å²) in [6, 6.07) is 17.0. The van der Waals surface area contributed by atoms with Gasteiger partial charge >= 0.3 is 0 Å². The van der Waals surface area contributed by atoms with Crippen molar-refractivity contribution in [1.29, 1.82) is 0 Å². The predicted octanol–water partition coefficient (Wildman–Crippen LogP) is 2.96. The lowest BCUT2D eigenvalue weighted by molar-refractivity contribution is -0.284. The van der Waals surface area contributed by atoms with Crippen LogP contribution < -0.4 is 4.74 Å². The van der Waals surface area contributed by atoms with E-state index in [1.807, 2.05) is 61.5 Å². The zero-order valence-corrected chi connectivity index (χ0v) is 17.7. The molecule has 1 saturated heterocycles. The van der Waals surface area contributed by atoms with Crippen LogP contribution in [0.3, 0.4) is 0 Å². The molecular weight excluding hydrogens is 420 g/mol. The van der Waals surface area contributed by atoms with Crippen LogP contribution in [0.15, 0.2) is 54.6 Å². The average Bonchev–Trinajstić information content (AvgIpc) is 2.78. The van der Waals surface area contributed by atoms with Crippen LogP contribution in [0.1, 0.15) is 29.7 Å². The summed E-state index contributed by atoms with van der Waals surface area (Å²) in [5.41, 5.74) is 2.41. The third-order valence-electron chi connectivity index (χ3n) is 5.61. The Morgan fingerprint density at radius 3 is 2.26 bits per heavy atom. The molecule has 3 aromatic rings. The Hall–Kier alpha value is -2.19. The van der Waals surface area contributed by atoms with Crippen molar-refractivity contribution in [3.05, 3.63) is 76.3 Å². The van der Waals surface area contributed by atoms with Crippen LogP contribution in [0.5, 0.6) is 5.75 Å². The molecule has 4 N–H and O–H groups in total. The first-order valence-corrected chi connectivity index (χ1v) is 10.6. The highest BCUT2D eigenvalue weighted by Gasteiger charge is 2.44. The van der Waals surface area contributed by atoms with Crippen molar-refractivity contribution in [3.63, 3.8) is 0 Å². The zero-order valence-electron chi connectivity index (χ0n) is 17.0. The van der Waals surface area contributed by atoms with Gasteiger partial charge in [0, 0.05) is 5.39 Å². The van der Waals surface area contributed by atoms with Crippen LogP contribution in [-0.4, -0.2) is 51.6 Å².